The molecule has 0 unspecified atom stereocenters. The van der Waals surface area contributed by atoms with Gasteiger partial charge in [-0.25, -0.2) is 0 Å². The van der Waals surface area contributed by atoms with E-state index in [2.05, 4.69) is 58.1 Å². The van der Waals surface area contributed by atoms with Crippen LogP contribution in [-0.4, -0.2) is 20.0 Å². The van der Waals surface area contributed by atoms with E-state index in [0.717, 1.165) is 0 Å². The van der Waals surface area contributed by atoms with E-state index in [-0.39, 0.29) is 0 Å². The lowest BCUT2D eigenvalue weighted by Crippen LogP contribution is -1.74. The third-order valence-corrected chi connectivity index (χ3v) is 1.43. The Morgan fingerprint density at radius 3 is 1.25 bits per heavy atom. The lowest BCUT2D eigenvalue weighted by Gasteiger charge is -1.93. The van der Waals surface area contributed by atoms with Crippen LogP contribution in [0.1, 0.15) is 11.1 Å². The summed E-state index contributed by atoms with van der Waals surface area (Å²) in [6, 6.07) is 8.36. The second-order valence-corrected chi connectivity index (χ2v) is 6.11. The minimum Gasteiger partial charge on any atom is -0.116 e. The highest BCUT2D eigenvalue weighted by Crippen LogP contribution is 2.14. The molecule has 0 atom stereocenters. The van der Waals surface area contributed by atoms with Crippen molar-refractivity contribution in [2.75, 3.05) is 20.0 Å². The van der Waals surface area contributed by atoms with E-state index in [4.69, 9.17) is 0 Å². The molecule has 0 aliphatic heterocycles. The second-order valence-electron chi connectivity index (χ2n) is 3.43. The predicted octanol–water partition coefficient (Wildman–Crippen LogP) is 3.66. The molecule has 0 aliphatic carbocycles. The third-order valence-electron chi connectivity index (χ3n) is 1.43. The number of hydrogen-bond acceptors (Lipinski definition) is 0. The number of aryl methyl sites for hydroxylation is 2. The topological polar surface area (TPSA) is 0 Å². The molecular weight excluding hydrogens is 163 g/mol. The van der Waals surface area contributed by atoms with Crippen LogP contribution in [0, 0.1) is 13.8 Å². The van der Waals surface area contributed by atoms with Crippen LogP contribution in [0.15, 0.2) is 24.3 Å². The number of rotatable bonds is 0. The molecular formula is C11H19P. The van der Waals surface area contributed by atoms with Crippen LogP contribution < -0.4 is 0 Å². The van der Waals surface area contributed by atoms with Gasteiger partial charge in [0, 0.05) is 0 Å². The van der Waals surface area contributed by atoms with E-state index >= 15 is 0 Å². The van der Waals surface area contributed by atoms with Crippen molar-refractivity contribution >= 4 is 7.92 Å². The molecule has 0 nitrogen and oxygen atoms in total. The fraction of sp³-hybridized carbons (Fsp3) is 0.455. The first-order valence-corrected chi connectivity index (χ1v) is 6.85. The monoisotopic (exact) mass is 182 g/mol. The SMILES string of the molecule is CP(C)C.Cc1ccccc1C. The van der Waals surface area contributed by atoms with E-state index in [9.17, 15) is 0 Å². The van der Waals surface area contributed by atoms with Gasteiger partial charge in [-0.05, 0) is 45.0 Å². The second kappa shape index (κ2) is 6.20. The summed E-state index contributed by atoms with van der Waals surface area (Å²) in [7, 11) is 0.380. The average molecular weight is 182 g/mol. The molecule has 0 N–H and O–H groups in total. The van der Waals surface area contributed by atoms with Gasteiger partial charge in [-0.3, -0.25) is 0 Å². The molecule has 0 fully saturated rings. The maximum atomic E-state index is 2.23. The first-order valence-electron chi connectivity index (χ1n) is 4.17. The van der Waals surface area contributed by atoms with Crippen molar-refractivity contribution in [3.05, 3.63) is 35.4 Å². The first-order chi connectivity index (χ1) is 5.54. The van der Waals surface area contributed by atoms with Crippen LogP contribution in [0.2, 0.25) is 0 Å². The summed E-state index contributed by atoms with van der Waals surface area (Å²) in [6.07, 6.45) is 0. The van der Waals surface area contributed by atoms with Crippen molar-refractivity contribution in [3.63, 3.8) is 0 Å². The van der Waals surface area contributed by atoms with Crippen molar-refractivity contribution < 1.29 is 0 Å². The molecule has 0 saturated carbocycles. The van der Waals surface area contributed by atoms with Crippen molar-refractivity contribution in [2.24, 2.45) is 0 Å². The van der Waals surface area contributed by atoms with Crippen molar-refractivity contribution in [1.29, 1.82) is 0 Å². The Hall–Kier alpha value is -0.350. The smallest absolute Gasteiger partial charge is 0.0395 e. The standard InChI is InChI=1S/C8H10.C3H9P/c1-7-5-3-4-6-8(7)2;1-4(2)3/h3-6H,1-2H3;1-3H3. The number of hydrogen-bond donors (Lipinski definition) is 0. The Balaban J connectivity index is 0.000000261. The summed E-state index contributed by atoms with van der Waals surface area (Å²) in [4.78, 5) is 0. The van der Waals surface area contributed by atoms with Crippen LogP contribution in [0.25, 0.3) is 0 Å². The van der Waals surface area contributed by atoms with Crippen LogP contribution in [0.3, 0.4) is 0 Å². The largest absolute Gasteiger partial charge is 0.116 e. The molecule has 68 valence electrons. The van der Waals surface area contributed by atoms with Crippen LogP contribution in [0.5, 0.6) is 0 Å². The van der Waals surface area contributed by atoms with Crippen LogP contribution in [-0.2, 0) is 0 Å². The summed E-state index contributed by atoms with van der Waals surface area (Å²) < 4.78 is 0. The zero-order valence-electron chi connectivity index (χ0n) is 8.76. The van der Waals surface area contributed by atoms with Crippen molar-refractivity contribution in [2.45, 2.75) is 13.8 Å². The Morgan fingerprint density at radius 2 is 1.08 bits per heavy atom. The van der Waals surface area contributed by atoms with E-state index in [1.807, 2.05) is 0 Å². The highest BCUT2D eigenvalue weighted by Gasteiger charge is 1.83. The molecule has 0 radical (unpaired) electrons. The molecule has 12 heavy (non-hydrogen) atoms. The van der Waals surface area contributed by atoms with Gasteiger partial charge in [0.15, 0.2) is 0 Å². The van der Waals surface area contributed by atoms with Gasteiger partial charge < -0.3 is 0 Å². The Kier molecular flexibility index (Phi) is 6.02. The summed E-state index contributed by atoms with van der Waals surface area (Å²) in [6.45, 7) is 10.9. The highest BCUT2D eigenvalue weighted by molar-refractivity contribution is 7.55. The van der Waals surface area contributed by atoms with Gasteiger partial charge in [0.1, 0.15) is 0 Å². The minimum atomic E-state index is 0.380. The molecule has 1 aromatic rings. The lowest BCUT2D eigenvalue weighted by atomic mass is 10.1. The molecule has 0 bridgehead atoms. The maximum Gasteiger partial charge on any atom is -0.0395 e. The third kappa shape index (κ3) is 6.37. The van der Waals surface area contributed by atoms with Crippen molar-refractivity contribution in [3.8, 4) is 0 Å². The van der Waals surface area contributed by atoms with E-state index in [1.165, 1.54) is 11.1 Å². The molecule has 0 heterocycles. The lowest BCUT2D eigenvalue weighted by molar-refractivity contribution is 1.34. The highest BCUT2D eigenvalue weighted by atomic mass is 31.1. The molecule has 0 spiro atoms. The van der Waals surface area contributed by atoms with Gasteiger partial charge in [0.2, 0.25) is 0 Å². The van der Waals surface area contributed by atoms with Gasteiger partial charge in [-0.15, -0.1) is 7.92 Å². The average Bonchev–Trinajstić information content (AvgIpc) is 1.94. The Labute approximate surface area is 77.8 Å². The quantitative estimate of drug-likeness (QED) is 0.537. The maximum absolute atomic E-state index is 2.23. The summed E-state index contributed by atoms with van der Waals surface area (Å²) in [5.74, 6) is 0. The molecule has 0 aliphatic rings. The van der Waals surface area contributed by atoms with Crippen LogP contribution in [0.4, 0.5) is 0 Å². The van der Waals surface area contributed by atoms with Gasteiger partial charge in [-0.1, -0.05) is 24.3 Å². The molecule has 0 aromatic heterocycles. The van der Waals surface area contributed by atoms with Gasteiger partial charge >= 0.3 is 0 Å². The zero-order valence-corrected chi connectivity index (χ0v) is 9.65. The van der Waals surface area contributed by atoms with E-state index in [1.54, 1.807) is 0 Å². The normalized spacial score (nSPS) is 9.17. The van der Waals surface area contributed by atoms with Gasteiger partial charge in [0.25, 0.3) is 0 Å². The zero-order chi connectivity index (χ0) is 9.56. The fourth-order valence-corrected chi connectivity index (χ4v) is 0.663. The molecule has 1 heteroatoms. The van der Waals surface area contributed by atoms with Crippen LogP contribution >= 0.6 is 7.92 Å². The van der Waals surface area contributed by atoms with E-state index in [0.29, 0.717) is 7.92 Å². The van der Waals surface area contributed by atoms with E-state index < -0.39 is 0 Å². The summed E-state index contributed by atoms with van der Waals surface area (Å²) >= 11 is 0. The fourth-order valence-electron chi connectivity index (χ4n) is 0.663. The Bertz CT molecular complexity index is 192. The van der Waals surface area contributed by atoms with Gasteiger partial charge in [-0.2, -0.15) is 0 Å². The molecule has 1 aromatic carbocycles. The van der Waals surface area contributed by atoms with Crippen molar-refractivity contribution in [1.82, 2.24) is 0 Å². The number of benzene rings is 1. The molecule has 0 saturated heterocycles. The first kappa shape index (κ1) is 11.6. The predicted molar refractivity (Wildman–Crippen MR) is 60.6 cm³/mol. The van der Waals surface area contributed by atoms with Gasteiger partial charge in [0.05, 0.1) is 0 Å². The molecule has 1 rings (SSSR count). The Morgan fingerprint density at radius 1 is 0.833 bits per heavy atom. The summed E-state index contributed by atoms with van der Waals surface area (Å²) in [5.41, 5.74) is 2.74. The minimum absolute atomic E-state index is 0.380. The molecule has 0 amide bonds. The summed E-state index contributed by atoms with van der Waals surface area (Å²) in [5, 5.41) is 0.